The summed E-state index contributed by atoms with van der Waals surface area (Å²) in [7, 11) is 0. The van der Waals surface area contributed by atoms with Gasteiger partial charge in [-0.25, -0.2) is 4.39 Å². The van der Waals surface area contributed by atoms with Gasteiger partial charge in [-0.1, -0.05) is 11.6 Å². The molecule has 0 aliphatic rings. The number of rotatable bonds is 4. The highest BCUT2D eigenvalue weighted by atomic mass is 35.5. The van der Waals surface area contributed by atoms with Crippen LogP contribution in [0.5, 0.6) is 0 Å². The van der Waals surface area contributed by atoms with Crippen LogP contribution in [0.1, 0.15) is 5.76 Å². The summed E-state index contributed by atoms with van der Waals surface area (Å²) in [6.07, 6.45) is 2.32. The van der Waals surface area contributed by atoms with Crippen molar-refractivity contribution in [2.24, 2.45) is 0 Å². The number of nitrogens with one attached hydrogen (secondary N) is 1. The summed E-state index contributed by atoms with van der Waals surface area (Å²) in [5.41, 5.74) is 6.68. The first-order chi connectivity index (χ1) is 8.16. The molecule has 2 aromatic rings. The summed E-state index contributed by atoms with van der Waals surface area (Å²) in [5, 5.41) is 3.06. The largest absolute Gasteiger partial charge is 0.469 e. The van der Waals surface area contributed by atoms with E-state index >= 15 is 0 Å². The van der Waals surface area contributed by atoms with Crippen LogP contribution in [0.4, 0.5) is 15.8 Å². The number of hydrogen-bond acceptors (Lipinski definition) is 3. The van der Waals surface area contributed by atoms with E-state index in [1.165, 1.54) is 12.1 Å². The number of benzene rings is 1. The van der Waals surface area contributed by atoms with Crippen LogP contribution in [0, 0.1) is 5.82 Å². The predicted octanol–water partition coefficient (Wildman–Crippen LogP) is 3.31. The Balaban J connectivity index is 1.97. The molecule has 0 spiro atoms. The summed E-state index contributed by atoms with van der Waals surface area (Å²) in [5.74, 6) is 0.381. The van der Waals surface area contributed by atoms with Crippen molar-refractivity contribution in [3.63, 3.8) is 0 Å². The van der Waals surface area contributed by atoms with E-state index in [1.54, 1.807) is 6.26 Å². The molecule has 3 N–H and O–H groups in total. The van der Waals surface area contributed by atoms with Gasteiger partial charge in [-0.2, -0.15) is 0 Å². The fourth-order valence-corrected chi connectivity index (χ4v) is 1.66. The molecule has 5 heteroatoms. The lowest BCUT2D eigenvalue weighted by Gasteiger charge is -2.09. The average Bonchev–Trinajstić information content (AvgIpc) is 2.78. The van der Waals surface area contributed by atoms with Gasteiger partial charge >= 0.3 is 0 Å². The van der Waals surface area contributed by atoms with Crippen LogP contribution in [-0.4, -0.2) is 6.54 Å². The average molecular weight is 255 g/mol. The van der Waals surface area contributed by atoms with Crippen molar-refractivity contribution in [1.29, 1.82) is 0 Å². The number of nitrogens with two attached hydrogens (primary N) is 1. The molecule has 0 bridgehead atoms. The summed E-state index contributed by atoms with van der Waals surface area (Å²) in [4.78, 5) is 0. The van der Waals surface area contributed by atoms with E-state index in [1.807, 2.05) is 12.1 Å². The third kappa shape index (κ3) is 2.91. The standard InChI is InChI=1S/C12H12ClFN2O/c13-9-6-11(15)12(7-10(9)14)16-4-3-8-2-1-5-17-8/h1-2,5-7,16H,3-4,15H2. The van der Waals surface area contributed by atoms with Gasteiger partial charge < -0.3 is 15.5 Å². The Labute approximate surface area is 103 Å². The van der Waals surface area contributed by atoms with Crippen LogP contribution in [0.15, 0.2) is 34.9 Å². The van der Waals surface area contributed by atoms with Crippen molar-refractivity contribution in [2.45, 2.75) is 6.42 Å². The van der Waals surface area contributed by atoms with Crippen molar-refractivity contribution in [3.8, 4) is 0 Å². The molecule has 90 valence electrons. The van der Waals surface area contributed by atoms with Gasteiger partial charge in [0, 0.05) is 19.0 Å². The lowest BCUT2D eigenvalue weighted by Crippen LogP contribution is -2.07. The second-order valence-corrected chi connectivity index (χ2v) is 4.02. The second kappa shape index (κ2) is 5.10. The Morgan fingerprint density at radius 2 is 2.24 bits per heavy atom. The van der Waals surface area contributed by atoms with Crippen LogP contribution >= 0.6 is 11.6 Å². The monoisotopic (exact) mass is 254 g/mol. The highest BCUT2D eigenvalue weighted by molar-refractivity contribution is 6.31. The van der Waals surface area contributed by atoms with Crippen molar-refractivity contribution in [3.05, 3.63) is 47.1 Å². The maximum atomic E-state index is 13.2. The minimum atomic E-state index is -0.485. The molecule has 17 heavy (non-hydrogen) atoms. The van der Waals surface area contributed by atoms with Crippen molar-refractivity contribution >= 4 is 23.0 Å². The first kappa shape index (κ1) is 11.8. The molecule has 0 aliphatic carbocycles. The number of halogens is 2. The van der Waals surface area contributed by atoms with Gasteiger partial charge in [0.05, 0.1) is 22.7 Å². The number of hydrogen-bond donors (Lipinski definition) is 2. The summed E-state index contributed by atoms with van der Waals surface area (Å²) in [6, 6.07) is 6.39. The molecule has 3 nitrogen and oxygen atoms in total. The SMILES string of the molecule is Nc1cc(Cl)c(F)cc1NCCc1ccco1. The first-order valence-electron chi connectivity index (χ1n) is 5.17. The molecule has 0 atom stereocenters. The van der Waals surface area contributed by atoms with Crippen LogP contribution in [-0.2, 0) is 6.42 Å². The van der Waals surface area contributed by atoms with E-state index < -0.39 is 5.82 Å². The highest BCUT2D eigenvalue weighted by Crippen LogP contribution is 2.25. The van der Waals surface area contributed by atoms with E-state index in [-0.39, 0.29) is 5.02 Å². The predicted molar refractivity (Wildman–Crippen MR) is 66.7 cm³/mol. The van der Waals surface area contributed by atoms with E-state index in [2.05, 4.69) is 5.32 Å². The van der Waals surface area contributed by atoms with E-state index in [9.17, 15) is 4.39 Å². The van der Waals surface area contributed by atoms with Crippen LogP contribution in [0.25, 0.3) is 0 Å². The minimum absolute atomic E-state index is 0.0269. The minimum Gasteiger partial charge on any atom is -0.469 e. The lowest BCUT2D eigenvalue weighted by atomic mass is 10.2. The van der Waals surface area contributed by atoms with Gasteiger partial charge in [0.1, 0.15) is 11.6 Å². The summed E-state index contributed by atoms with van der Waals surface area (Å²) in [6.45, 7) is 0.610. The van der Waals surface area contributed by atoms with Crippen molar-refractivity contribution < 1.29 is 8.81 Å². The molecule has 1 aromatic heterocycles. The van der Waals surface area contributed by atoms with Gasteiger partial charge in [0.2, 0.25) is 0 Å². The fraction of sp³-hybridized carbons (Fsp3) is 0.167. The smallest absolute Gasteiger partial charge is 0.143 e. The van der Waals surface area contributed by atoms with Crippen LogP contribution in [0.2, 0.25) is 5.02 Å². The Hall–Kier alpha value is -1.68. The molecule has 0 radical (unpaired) electrons. The molecule has 1 aromatic carbocycles. The molecule has 2 rings (SSSR count). The molecule has 0 aliphatic heterocycles. The quantitative estimate of drug-likeness (QED) is 0.823. The molecule has 1 heterocycles. The van der Waals surface area contributed by atoms with Gasteiger partial charge in [0.25, 0.3) is 0 Å². The van der Waals surface area contributed by atoms with Gasteiger partial charge in [-0.3, -0.25) is 0 Å². The zero-order chi connectivity index (χ0) is 12.3. The zero-order valence-electron chi connectivity index (χ0n) is 9.04. The third-order valence-corrected chi connectivity index (χ3v) is 2.65. The second-order valence-electron chi connectivity index (χ2n) is 3.61. The van der Waals surface area contributed by atoms with Crippen LogP contribution < -0.4 is 11.1 Å². The number of furan rings is 1. The van der Waals surface area contributed by atoms with Gasteiger partial charge in [-0.05, 0) is 18.2 Å². The summed E-state index contributed by atoms with van der Waals surface area (Å²) >= 11 is 5.60. The molecule has 0 amide bonds. The zero-order valence-corrected chi connectivity index (χ0v) is 9.80. The van der Waals surface area contributed by atoms with Crippen LogP contribution in [0.3, 0.4) is 0 Å². The Kier molecular flexibility index (Phi) is 3.54. The Bertz CT molecular complexity index is 499. The van der Waals surface area contributed by atoms with Crippen molar-refractivity contribution in [2.75, 3.05) is 17.6 Å². The third-order valence-electron chi connectivity index (χ3n) is 2.36. The normalized spacial score (nSPS) is 10.5. The molecular formula is C12H12ClFN2O. The van der Waals surface area contributed by atoms with Gasteiger partial charge in [-0.15, -0.1) is 0 Å². The maximum Gasteiger partial charge on any atom is 0.143 e. The Morgan fingerprint density at radius 1 is 1.41 bits per heavy atom. The number of anilines is 2. The molecule has 0 saturated carbocycles. The molecule has 0 fully saturated rings. The topological polar surface area (TPSA) is 51.2 Å². The molecule has 0 unspecified atom stereocenters. The lowest BCUT2D eigenvalue weighted by molar-refractivity contribution is 0.513. The fourth-order valence-electron chi connectivity index (χ4n) is 1.49. The van der Waals surface area contributed by atoms with E-state index in [0.29, 0.717) is 24.3 Å². The maximum absolute atomic E-state index is 13.2. The van der Waals surface area contributed by atoms with E-state index in [0.717, 1.165) is 5.76 Å². The van der Waals surface area contributed by atoms with Gasteiger partial charge in [0.15, 0.2) is 0 Å². The number of nitrogen functional groups attached to an aromatic ring is 1. The highest BCUT2D eigenvalue weighted by Gasteiger charge is 2.06. The van der Waals surface area contributed by atoms with E-state index in [4.69, 9.17) is 21.8 Å². The Morgan fingerprint density at radius 3 is 2.94 bits per heavy atom. The molecule has 0 saturated heterocycles. The molecular weight excluding hydrogens is 243 g/mol. The first-order valence-corrected chi connectivity index (χ1v) is 5.55. The summed E-state index contributed by atoms with van der Waals surface area (Å²) < 4.78 is 18.4. The van der Waals surface area contributed by atoms with Crippen molar-refractivity contribution in [1.82, 2.24) is 0 Å².